The van der Waals surface area contributed by atoms with E-state index in [4.69, 9.17) is 0 Å². The van der Waals surface area contributed by atoms with Gasteiger partial charge in [0, 0.05) is 27.6 Å². The summed E-state index contributed by atoms with van der Waals surface area (Å²) in [6, 6.07) is 6.43. The smallest absolute Gasteiger partial charge is 0.0965 e. The second-order valence-electron chi connectivity index (χ2n) is 6.30. The van der Waals surface area contributed by atoms with Crippen molar-refractivity contribution in [3.63, 3.8) is 0 Å². The van der Waals surface area contributed by atoms with Crippen LogP contribution in [0.1, 0.15) is 64.3 Å². The Morgan fingerprint density at radius 2 is 2.05 bits per heavy atom. The van der Waals surface area contributed by atoms with Crippen LogP contribution in [0.3, 0.4) is 0 Å². The fourth-order valence-corrected chi connectivity index (χ4v) is 5.09. The zero-order valence-corrected chi connectivity index (χ0v) is 13.0. The molecule has 1 N–H and O–H groups in total. The SMILES string of the molecule is OC(c1cc2c(s1)CCCCC2)C1CCc2cccnc21. The van der Waals surface area contributed by atoms with Crippen molar-refractivity contribution < 1.29 is 5.11 Å². The van der Waals surface area contributed by atoms with Gasteiger partial charge < -0.3 is 5.11 Å². The molecule has 2 nitrogen and oxygen atoms in total. The lowest BCUT2D eigenvalue weighted by Gasteiger charge is -2.17. The molecule has 21 heavy (non-hydrogen) atoms. The Bertz CT molecular complexity index is 625. The lowest BCUT2D eigenvalue weighted by molar-refractivity contribution is 0.147. The molecule has 0 radical (unpaired) electrons. The molecular formula is C18H21NOS. The third-order valence-electron chi connectivity index (χ3n) is 4.94. The molecule has 2 aliphatic rings. The predicted molar refractivity (Wildman–Crippen MR) is 85.8 cm³/mol. The van der Waals surface area contributed by atoms with Crippen molar-refractivity contribution in [1.82, 2.24) is 4.98 Å². The zero-order valence-electron chi connectivity index (χ0n) is 12.2. The second-order valence-corrected chi connectivity index (χ2v) is 7.46. The number of aliphatic hydroxyl groups excluding tert-OH is 1. The lowest BCUT2D eigenvalue weighted by atomic mass is 9.97. The maximum absolute atomic E-state index is 10.9. The van der Waals surface area contributed by atoms with Gasteiger partial charge in [0.1, 0.15) is 0 Å². The Labute approximate surface area is 129 Å². The number of aliphatic hydroxyl groups is 1. The van der Waals surface area contributed by atoms with Crippen molar-refractivity contribution in [2.45, 2.75) is 57.0 Å². The van der Waals surface area contributed by atoms with Gasteiger partial charge in [-0.05, 0) is 61.8 Å². The van der Waals surface area contributed by atoms with Crippen molar-refractivity contribution in [3.05, 3.63) is 51.0 Å². The Morgan fingerprint density at radius 3 is 3.00 bits per heavy atom. The lowest BCUT2D eigenvalue weighted by Crippen LogP contribution is -2.08. The Balaban J connectivity index is 1.62. The highest BCUT2D eigenvalue weighted by Crippen LogP contribution is 2.43. The highest BCUT2D eigenvalue weighted by molar-refractivity contribution is 7.12. The van der Waals surface area contributed by atoms with Gasteiger partial charge in [-0.15, -0.1) is 11.3 Å². The number of pyridine rings is 1. The van der Waals surface area contributed by atoms with Gasteiger partial charge in [0.2, 0.25) is 0 Å². The molecule has 2 aromatic rings. The number of rotatable bonds is 2. The molecule has 2 heterocycles. The van der Waals surface area contributed by atoms with E-state index in [-0.39, 0.29) is 12.0 Å². The maximum atomic E-state index is 10.9. The standard InChI is InChI=1S/C18H21NOS/c20-18(14-9-8-12-6-4-10-19-17(12)14)16-11-13-5-2-1-3-7-15(13)21-16/h4,6,10-11,14,18,20H,1-3,5,7-9H2. The van der Waals surface area contributed by atoms with Gasteiger partial charge in [-0.2, -0.15) is 0 Å². The third-order valence-corrected chi connectivity index (χ3v) is 6.25. The molecule has 0 fully saturated rings. The van der Waals surface area contributed by atoms with Crippen LogP contribution >= 0.6 is 11.3 Å². The van der Waals surface area contributed by atoms with E-state index in [1.165, 1.54) is 48.1 Å². The van der Waals surface area contributed by atoms with Gasteiger partial charge >= 0.3 is 0 Å². The minimum Gasteiger partial charge on any atom is -0.387 e. The number of thiophene rings is 1. The van der Waals surface area contributed by atoms with E-state index in [1.54, 1.807) is 0 Å². The number of hydrogen-bond donors (Lipinski definition) is 1. The molecule has 0 amide bonds. The predicted octanol–water partition coefficient (Wildman–Crippen LogP) is 4.18. The Hall–Kier alpha value is -1.19. The van der Waals surface area contributed by atoms with Crippen LogP contribution in [0.25, 0.3) is 0 Å². The summed E-state index contributed by atoms with van der Waals surface area (Å²) in [5.41, 5.74) is 3.93. The molecule has 3 heteroatoms. The number of aryl methyl sites for hydroxylation is 3. The molecule has 0 aromatic carbocycles. The molecule has 2 atom stereocenters. The zero-order chi connectivity index (χ0) is 14.2. The first kappa shape index (κ1) is 13.5. The van der Waals surface area contributed by atoms with Crippen molar-refractivity contribution in [1.29, 1.82) is 0 Å². The van der Waals surface area contributed by atoms with Crippen LogP contribution in [0.15, 0.2) is 24.4 Å². The largest absolute Gasteiger partial charge is 0.387 e. The summed E-state index contributed by atoms with van der Waals surface area (Å²) in [5, 5.41) is 10.9. The summed E-state index contributed by atoms with van der Waals surface area (Å²) >= 11 is 1.84. The summed E-state index contributed by atoms with van der Waals surface area (Å²) in [7, 11) is 0. The first-order valence-corrected chi connectivity index (χ1v) is 8.88. The summed E-state index contributed by atoms with van der Waals surface area (Å²) in [5.74, 6) is 0.184. The highest BCUT2D eigenvalue weighted by atomic mass is 32.1. The van der Waals surface area contributed by atoms with E-state index in [0.29, 0.717) is 0 Å². The highest BCUT2D eigenvalue weighted by Gasteiger charge is 2.32. The molecule has 0 saturated carbocycles. The number of aromatic nitrogens is 1. The fourth-order valence-electron chi connectivity index (χ4n) is 3.79. The minimum atomic E-state index is -0.377. The second kappa shape index (κ2) is 5.54. The van der Waals surface area contributed by atoms with Crippen LogP contribution in [0.4, 0.5) is 0 Å². The molecule has 0 aliphatic heterocycles. The van der Waals surface area contributed by atoms with Crippen LogP contribution in [-0.4, -0.2) is 10.1 Å². The number of fused-ring (bicyclic) bond motifs is 2. The van der Waals surface area contributed by atoms with Crippen LogP contribution in [0, 0.1) is 0 Å². The average Bonchev–Trinajstić information content (AvgIpc) is 3.05. The van der Waals surface area contributed by atoms with E-state index >= 15 is 0 Å². The average molecular weight is 299 g/mol. The summed E-state index contributed by atoms with van der Waals surface area (Å²) < 4.78 is 0. The minimum absolute atomic E-state index is 0.184. The van der Waals surface area contributed by atoms with Gasteiger partial charge in [0.05, 0.1) is 6.10 Å². The van der Waals surface area contributed by atoms with E-state index in [0.717, 1.165) is 23.4 Å². The van der Waals surface area contributed by atoms with Crippen LogP contribution < -0.4 is 0 Å². The van der Waals surface area contributed by atoms with Gasteiger partial charge in [0.15, 0.2) is 0 Å². The third kappa shape index (κ3) is 2.43. The summed E-state index contributed by atoms with van der Waals surface area (Å²) in [4.78, 5) is 7.20. The molecule has 2 aromatic heterocycles. The van der Waals surface area contributed by atoms with Gasteiger partial charge in [-0.3, -0.25) is 4.98 Å². The Morgan fingerprint density at radius 1 is 1.14 bits per heavy atom. The first-order chi connectivity index (χ1) is 10.3. The van der Waals surface area contributed by atoms with E-state index in [9.17, 15) is 5.11 Å². The topological polar surface area (TPSA) is 33.1 Å². The van der Waals surface area contributed by atoms with Crippen molar-refractivity contribution in [2.24, 2.45) is 0 Å². The molecule has 4 rings (SSSR count). The van der Waals surface area contributed by atoms with Crippen molar-refractivity contribution in [3.8, 4) is 0 Å². The number of nitrogens with zero attached hydrogens (tertiary/aromatic N) is 1. The normalized spacial score (nSPS) is 22.4. The molecule has 2 aliphatic carbocycles. The van der Waals surface area contributed by atoms with Crippen molar-refractivity contribution >= 4 is 11.3 Å². The quantitative estimate of drug-likeness (QED) is 0.844. The molecule has 110 valence electrons. The Kier molecular flexibility index (Phi) is 3.56. The fraction of sp³-hybridized carbons (Fsp3) is 0.500. The molecular weight excluding hydrogens is 278 g/mol. The van der Waals surface area contributed by atoms with Gasteiger partial charge in [0.25, 0.3) is 0 Å². The van der Waals surface area contributed by atoms with Gasteiger partial charge in [-0.1, -0.05) is 12.5 Å². The number of hydrogen-bond acceptors (Lipinski definition) is 3. The molecule has 0 bridgehead atoms. The van der Waals surface area contributed by atoms with E-state index < -0.39 is 0 Å². The van der Waals surface area contributed by atoms with Crippen LogP contribution in [0.2, 0.25) is 0 Å². The molecule has 0 saturated heterocycles. The van der Waals surface area contributed by atoms with Crippen LogP contribution in [0.5, 0.6) is 0 Å². The van der Waals surface area contributed by atoms with Crippen molar-refractivity contribution in [2.75, 3.05) is 0 Å². The molecule has 2 unspecified atom stereocenters. The maximum Gasteiger partial charge on any atom is 0.0965 e. The van der Waals surface area contributed by atoms with Crippen LogP contribution in [-0.2, 0) is 19.3 Å². The van der Waals surface area contributed by atoms with E-state index in [1.807, 2.05) is 23.6 Å². The van der Waals surface area contributed by atoms with E-state index in [2.05, 4.69) is 17.1 Å². The summed E-state index contributed by atoms with van der Waals surface area (Å²) in [6.07, 6.45) is 9.89. The first-order valence-electron chi connectivity index (χ1n) is 8.06. The summed E-state index contributed by atoms with van der Waals surface area (Å²) in [6.45, 7) is 0. The van der Waals surface area contributed by atoms with Gasteiger partial charge in [-0.25, -0.2) is 0 Å². The molecule has 0 spiro atoms. The monoisotopic (exact) mass is 299 g/mol.